The minimum absolute atomic E-state index is 0.0194. The number of aryl methyl sites for hydroxylation is 1. The molecule has 1 aromatic carbocycles. The van der Waals surface area contributed by atoms with E-state index in [4.69, 9.17) is 11.6 Å². The Hall–Kier alpha value is -1.06. The van der Waals surface area contributed by atoms with E-state index < -0.39 is 0 Å². The van der Waals surface area contributed by atoms with Gasteiger partial charge in [-0.3, -0.25) is 9.69 Å². The highest BCUT2D eigenvalue weighted by molar-refractivity contribution is 6.31. The van der Waals surface area contributed by atoms with Crippen molar-refractivity contribution >= 4 is 23.2 Å². The quantitative estimate of drug-likeness (QED) is 0.822. The molecule has 1 aliphatic rings. The van der Waals surface area contributed by atoms with Crippen LogP contribution in [0.5, 0.6) is 0 Å². The second-order valence-corrected chi connectivity index (χ2v) is 5.38. The molecule has 0 radical (unpaired) electrons. The largest absolute Gasteiger partial charge is 0.314 e. The van der Waals surface area contributed by atoms with Crippen LogP contribution in [0.15, 0.2) is 18.2 Å². The summed E-state index contributed by atoms with van der Waals surface area (Å²) >= 11 is 6.00. The Balaban J connectivity index is 2.17. The third kappa shape index (κ3) is 2.52. The van der Waals surface area contributed by atoms with Crippen molar-refractivity contribution in [2.24, 2.45) is 0 Å². The summed E-state index contributed by atoms with van der Waals surface area (Å²) in [6.07, 6.45) is 2.05. The lowest BCUT2D eigenvalue weighted by Crippen LogP contribution is -2.42. The SMILES string of the molecule is Cc1cc(N(C)C(=O)[C@H]2CCCN2C)ccc1Cl. The lowest BCUT2D eigenvalue weighted by atomic mass is 10.1. The molecule has 0 bridgehead atoms. The van der Waals surface area contributed by atoms with Crippen molar-refractivity contribution in [1.29, 1.82) is 0 Å². The molecule has 18 heavy (non-hydrogen) atoms. The van der Waals surface area contributed by atoms with E-state index in [1.807, 2.05) is 39.2 Å². The highest BCUT2D eigenvalue weighted by atomic mass is 35.5. The van der Waals surface area contributed by atoms with E-state index in [1.165, 1.54) is 0 Å². The van der Waals surface area contributed by atoms with Crippen LogP contribution in [-0.2, 0) is 4.79 Å². The van der Waals surface area contributed by atoms with Gasteiger partial charge in [0.1, 0.15) is 0 Å². The van der Waals surface area contributed by atoms with Crippen LogP contribution in [0.2, 0.25) is 5.02 Å². The number of benzene rings is 1. The first-order valence-electron chi connectivity index (χ1n) is 6.24. The van der Waals surface area contributed by atoms with Crippen LogP contribution >= 0.6 is 11.6 Å². The van der Waals surface area contributed by atoms with Gasteiger partial charge in [0.2, 0.25) is 5.91 Å². The molecule has 0 saturated carbocycles. The maximum absolute atomic E-state index is 12.4. The molecule has 3 nitrogen and oxygen atoms in total. The summed E-state index contributed by atoms with van der Waals surface area (Å²) < 4.78 is 0. The summed E-state index contributed by atoms with van der Waals surface area (Å²) in [5, 5.41) is 0.734. The minimum Gasteiger partial charge on any atom is -0.314 e. The zero-order chi connectivity index (χ0) is 13.3. The van der Waals surface area contributed by atoms with Gasteiger partial charge in [0.25, 0.3) is 0 Å². The molecule has 1 fully saturated rings. The number of rotatable bonds is 2. The Morgan fingerprint density at radius 3 is 2.78 bits per heavy atom. The van der Waals surface area contributed by atoms with E-state index in [0.29, 0.717) is 0 Å². The van der Waals surface area contributed by atoms with Gasteiger partial charge < -0.3 is 4.90 Å². The molecule has 0 spiro atoms. The third-order valence-corrected chi connectivity index (χ3v) is 4.09. The lowest BCUT2D eigenvalue weighted by molar-refractivity contribution is -0.122. The number of carbonyl (C=O) groups excluding carboxylic acids is 1. The molecule has 1 heterocycles. The zero-order valence-corrected chi connectivity index (χ0v) is 11.9. The Kier molecular flexibility index (Phi) is 3.93. The van der Waals surface area contributed by atoms with Crippen LogP contribution in [-0.4, -0.2) is 37.5 Å². The van der Waals surface area contributed by atoms with Crippen molar-refractivity contribution in [3.05, 3.63) is 28.8 Å². The summed E-state index contributed by atoms with van der Waals surface area (Å²) in [5.74, 6) is 0.164. The van der Waals surface area contributed by atoms with Crippen molar-refractivity contribution < 1.29 is 4.79 Å². The van der Waals surface area contributed by atoms with Crippen molar-refractivity contribution in [2.45, 2.75) is 25.8 Å². The summed E-state index contributed by atoms with van der Waals surface area (Å²) in [5.41, 5.74) is 1.90. The maximum atomic E-state index is 12.4. The van der Waals surface area contributed by atoms with Crippen molar-refractivity contribution in [3.63, 3.8) is 0 Å². The first-order valence-corrected chi connectivity index (χ1v) is 6.62. The normalized spacial score (nSPS) is 20.1. The van der Waals surface area contributed by atoms with E-state index >= 15 is 0 Å². The number of hydrogen-bond donors (Lipinski definition) is 0. The smallest absolute Gasteiger partial charge is 0.244 e. The molecule has 2 rings (SSSR count). The van der Waals surface area contributed by atoms with Crippen molar-refractivity contribution in [1.82, 2.24) is 4.90 Å². The fraction of sp³-hybridized carbons (Fsp3) is 0.500. The van der Waals surface area contributed by atoms with Crippen molar-refractivity contribution in [3.8, 4) is 0 Å². The van der Waals surface area contributed by atoms with Crippen molar-refractivity contribution in [2.75, 3.05) is 25.5 Å². The second kappa shape index (κ2) is 5.29. The predicted molar refractivity (Wildman–Crippen MR) is 75.3 cm³/mol. The van der Waals surface area contributed by atoms with E-state index in [-0.39, 0.29) is 11.9 Å². The Morgan fingerprint density at radius 1 is 1.50 bits per heavy atom. The summed E-state index contributed by atoms with van der Waals surface area (Å²) in [6.45, 7) is 2.95. The maximum Gasteiger partial charge on any atom is 0.244 e. The number of hydrogen-bond acceptors (Lipinski definition) is 2. The molecular formula is C14H19ClN2O. The molecule has 1 amide bonds. The summed E-state index contributed by atoms with van der Waals surface area (Å²) in [6, 6.07) is 5.71. The molecule has 1 saturated heterocycles. The van der Waals surface area contributed by atoms with Crippen LogP contribution in [0.25, 0.3) is 0 Å². The molecule has 0 unspecified atom stereocenters. The van der Waals surface area contributed by atoms with E-state index in [0.717, 1.165) is 35.7 Å². The standard InChI is InChI=1S/C14H19ClN2O/c1-10-9-11(6-7-12(10)15)17(3)14(18)13-5-4-8-16(13)2/h6-7,9,13H,4-5,8H2,1-3H3/t13-/m1/s1. The first kappa shape index (κ1) is 13.4. The zero-order valence-electron chi connectivity index (χ0n) is 11.1. The van der Waals surface area contributed by atoms with E-state index in [1.54, 1.807) is 4.90 Å². The highest BCUT2D eigenvalue weighted by Gasteiger charge is 2.30. The van der Waals surface area contributed by atoms with Crippen LogP contribution in [0, 0.1) is 6.92 Å². The number of likely N-dealkylation sites (N-methyl/N-ethyl adjacent to an activating group) is 2. The predicted octanol–water partition coefficient (Wildman–Crippen LogP) is 2.71. The Morgan fingerprint density at radius 2 is 2.22 bits per heavy atom. The molecule has 0 aromatic heterocycles. The van der Waals surface area contributed by atoms with Gasteiger partial charge in [0.05, 0.1) is 6.04 Å². The van der Waals surface area contributed by atoms with Gasteiger partial charge in [0, 0.05) is 17.8 Å². The Labute approximate surface area is 113 Å². The van der Waals surface area contributed by atoms with Gasteiger partial charge in [-0.15, -0.1) is 0 Å². The molecular weight excluding hydrogens is 248 g/mol. The first-order chi connectivity index (χ1) is 8.50. The molecule has 0 aliphatic carbocycles. The molecule has 0 N–H and O–H groups in total. The van der Waals surface area contributed by atoms with Gasteiger partial charge >= 0.3 is 0 Å². The van der Waals surface area contributed by atoms with Crippen LogP contribution < -0.4 is 4.90 Å². The van der Waals surface area contributed by atoms with Gasteiger partial charge in [-0.05, 0) is 57.1 Å². The van der Waals surface area contributed by atoms with E-state index in [9.17, 15) is 4.79 Å². The number of likely N-dealkylation sites (tertiary alicyclic amines) is 1. The average Bonchev–Trinajstić information content (AvgIpc) is 2.77. The fourth-order valence-corrected chi connectivity index (χ4v) is 2.53. The molecule has 1 aliphatic heterocycles. The monoisotopic (exact) mass is 266 g/mol. The number of halogens is 1. The van der Waals surface area contributed by atoms with Gasteiger partial charge in [-0.25, -0.2) is 0 Å². The average molecular weight is 267 g/mol. The number of carbonyl (C=O) groups is 1. The topological polar surface area (TPSA) is 23.6 Å². The highest BCUT2D eigenvalue weighted by Crippen LogP contribution is 2.24. The minimum atomic E-state index is 0.0194. The van der Waals surface area contributed by atoms with Gasteiger partial charge in [-0.1, -0.05) is 11.6 Å². The summed E-state index contributed by atoms with van der Waals surface area (Å²) in [7, 11) is 3.84. The molecule has 1 aromatic rings. The number of anilines is 1. The lowest BCUT2D eigenvalue weighted by Gasteiger charge is -2.25. The molecule has 98 valence electrons. The summed E-state index contributed by atoms with van der Waals surface area (Å²) in [4.78, 5) is 16.3. The third-order valence-electron chi connectivity index (χ3n) is 3.66. The number of nitrogens with zero attached hydrogens (tertiary/aromatic N) is 2. The van der Waals surface area contributed by atoms with Gasteiger partial charge in [0.15, 0.2) is 0 Å². The molecule has 1 atom stereocenters. The molecule has 4 heteroatoms. The fourth-order valence-electron chi connectivity index (χ4n) is 2.41. The van der Waals surface area contributed by atoms with Crippen LogP contribution in [0.1, 0.15) is 18.4 Å². The van der Waals surface area contributed by atoms with E-state index in [2.05, 4.69) is 4.90 Å². The number of amides is 1. The van der Waals surface area contributed by atoms with Crippen LogP contribution in [0.3, 0.4) is 0 Å². The van der Waals surface area contributed by atoms with Gasteiger partial charge in [-0.2, -0.15) is 0 Å². The second-order valence-electron chi connectivity index (χ2n) is 4.97. The Bertz CT molecular complexity index is 461. The van der Waals surface area contributed by atoms with Crippen LogP contribution in [0.4, 0.5) is 5.69 Å².